The summed E-state index contributed by atoms with van der Waals surface area (Å²) in [5, 5.41) is 11.9. The summed E-state index contributed by atoms with van der Waals surface area (Å²) < 4.78 is 5.49. The molecule has 0 aliphatic carbocycles. The lowest BCUT2D eigenvalue weighted by Crippen LogP contribution is -2.06. The lowest BCUT2D eigenvalue weighted by molar-refractivity contribution is 0.281. The number of aromatic nitrogens is 2. The predicted octanol–water partition coefficient (Wildman–Crippen LogP) is 1.48. The minimum Gasteiger partial charge on any atom is -0.424 e. The summed E-state index contributed by atoms with van der Waals surface area (Å²) in [5.41, 5.74) is 1.84. The molecule has 0 aliphatic rings. The highest BCUT2D eigenvalue weighted by atomic mass is 16.5. The van der Waals surface area contributed by atoms with Crippen molar-refractivity contribution in [1.29, 1.82) is 0 Å². The summed E-state index contributed by atoms with van der Waals surface area (Å²) in [5.74, 6) is 0.647. The third kappa shape index (κ3) is 3.26. The highest BCUT2D eigenvalue weighted by Crippen LogP contribution is 2.17. The Bertz CT molecular complexity index is 483. The van der Waals surface area contributed by atoms with Gasteiger partial charge in [0.15, 0.2) is 0 Å². The van der Waals surface area contributed by atoms with Gasteiger partial charge in [0.25, 0.3) is 0 Å². The molecule has 18 heavy (non-hydrogen) atoms. The molecule has 5 heteroatoms. The van der Waals surface area contributed by atoms with Crippen molar-refractivity contribution >= 4 is 0 Å². The number of nitrogens with zero attached hydrogens (tertiary/aromatic N) is 2. The highest BCUT2D eigenvalue weighted by molar-refractivity contribution is 5.28. The minimum absolute atomic E-state index is 0.0233. The Labute approximate surface area is 105 Å². The number of hydrogen-bond donors (Lipinski definition) is 2. The lowest BCUT2D eigenvalue weighted by atomic mass is 10.2. The third-order valence-corrected chi connectivity index (χ3v) is 2.38. The first-order valence-corrected chi connectivity index (χ1v) is 5.65. The van der Waals surface area contributed by atoms with E-state index in [2.05, 4.69) is 15.3 Å². The van der Waals surface area contributed by atoms with Crippen molar-refractivity contribution in [1.82, 2.24) is 15.3 Å². The van der Waals surface area contributed by atoms with Crippen molar-refractivity contribution in [2.24, 2.45) is 0 Å². The first kappa shape index (κ1) is 12.5. The van der Waals surface area contributed by atoms with E-state index < -0.39 is 0 Å². The zero-order valence-corrected chi connectivity index (χ0v) is 10.1. The molecule has 0 unspecified atom stereocenters. The number of benzene rings is 1. The average molecular weight is 245 g/mol. The first-order chi connectivity index (χ1) is 8.81. The van der Waals surface area contributed by atoms with Crippen LogP contribution in [0.25, 0.3) is 0 Å². The van der Waals surface area contributed by atoms with E-state index in [4.69, 9.17) is 9.84 Å². The smallest absolute Gasteiger partial charge is 0.321 e. The van der Waals surface area contributed by atoms with E-state index in [1.807, 2.05) is 7.05 Å². The summed E-state index contributed by atoms with van der Waals surface area (Å²) in [4.78, 5) is 8.22. The quantitative estimate of drug-likeness (QED) is 0.835. The zero-order valence-electron chi connectivity index (χ0n) is 10.1. The summed E-state index contributed by atoms with van der Waals surface area (Å²) in [7, 11) is 1.87. The van der Waals surface area contributed by atoms with Crippen molar-refractivity contribution in [3.05, 3.63) is 47.8 Å². The highest BCUT2D eigenvalue weighted by Gasteiger charge is 2.01. The van der Waals surface area contributed by atoms with Crippen molar-refractivity contribution < 1.29 is 9.84 Å². The van der Waals surface area contributed by atoms with E-state index in [1.54, 1.807) is 36.7 Å². The molecule has 1 aromatic heterocycles. The topological polar surface area (TPSA) is 67.3 Å². The van der Waals surface area contributed by atoms with Gasteiger partial charge in [-0.1, -0.05) is 12.1 Å². The maximum absolute atomic E-state index is 8.93. The minimum atomic E-state index is 0.0233. The Kier molecular flexibility index (Phi) is 4.22. The van der Waals surface area contributed by atoms with E-state index in [1.165, 1.54) is 0 Å². The van der Waals surface area contributed by atoms with Gasteiger partial charge in [-0.05, 0) is 24.7 Å². The maximum Gasteiger partial charge on any atom is 0.321 e. The Balaban J connectivity index is 2.03. The molecule has 2 N–H and O–H groups in total. The number of hydrogen-bond acceptors (Lipinski definition) is 5. The van der Waals surface area contributed by atoms with Gasteiger partial charge in [-0.3, -0.25) is 0 Å². The molecule has 1 heterocycles. The van der Waals surface area contributed by atoms with Gasteiger partial charge in [0.05, 0.1) is 6.61 Å². The van der Waals surface area contributed by atoms with Crippen LogP contribution in [0.4, 0.5) is 0 Å². The van der Waals surface area contributed by atoms with Gasteiger partial charge in [-0.25, -0.2) is 9.97 Å². The van der Waals surface area contributed by atoms with E-state index >= 15 is 0 Å². The molecule has 0 amide bonds. The van der Waals surface area contributed by atoms with Crippen LogP contribution in [0.5, 0.6) is 11.8 Å². The van der Waals surface area contributed by atoms with E-state index in [9.17, 15) is 0 Å². The van der Waals surface area contributed by atoms with Crippen molar-refractivity contribution in [3.63, 3.8) is 0 Å². The zero-order chi connectivity index (χ0) is 12.8. The Morgan fingerprint density at radius 3 is 2.33 bits per heavy atom. The number of ether oxygens (including phenoxy) is 1. The van der Waals surface area contributed by atoms with Crippen molar-refractivity contribution in [2.75, 3.05) is 7.05 Å². The normalized spacial score (nSPS) is 10.3. The van der Waals surface area contributed by atoms with Crippen LogP contribution < -0.4 is 10.1 Å². The molecule has 0 saturated carbocycles. The van der Waals surface area contributed by atoms with E-state index in [-0.39, 0.29) is 6.61 Å². The van der Waals surface area contributed by atoms with Gasteiger partial charge in [-0.15, -0.1) is 0 Å². The summed E-state index contributed by atoms with van der Waals surface area (Å²) >= 11 is 0. The van der Waals surface area contributed by atoms with Gasteiger partial charge in [0.2, 0.25) is 0 Å². The third-order valence-electron chi connectivity index (χ3n) is 2.38. The van der Waals surface area contributed by atoms with Gasteiger partial charge >= 0.3 is 6.01 Å². The van der Waals surface area contributed by atoms with Crippen LogP contribution in [-0.4, -0.2) is 22.1 Å². The monoisotopic (exact) mass is 245 g/mol. The van der Waals surface area contributed by atoms with Crippen LogP contribution in [0.15, 0.2) is 36.7 Å². The number of aliphatic hydroxyl groups is 1. The summed E-state index contributed by atoms with van der Waals surface area (Å²) in [6, 6.07) is 7.45. The Morgan fingerprint density at radius 1 is 1.11 bits per heavy atom. The van der Waals surface area contributed by atoms with Crippen LogP contribution in [0.3, 0.4) is 0 Å². The second kappa shape index (κ2) is 6.09. The second-order valence-corrected chi connectivity index (χ2v) is 3.81. The molecule has 0 bridgehead atoms. The lowest BCUT2D eigenvalue weighted by Gasteiger charge is -2.05. The fourth-order valence-electron chi connectivity index (χ4n) is 1.46. The molecule has 0 saturated heterocycles. The fourth-order valence-corrected chi connectivity index (χ4v) is 1.46. The van der Waals surface area contributed by atoms with Crippen LogP contribution in [-0.2, 0) is 13.2 Å². The molecule has 2 aromatic rings. The standard InChI is InChI=1S/C13H15N3O2/c1-14-6-11-7-15-13(16-8-11)18-12-4-2-10(9-17)3-5-12/h2-5,7-8,14,17H,6,9H2,1H3. The number of aliphatic hydroxyl groups excluding tert-OH is 1. The number of nitrogens with one attached hydrogen (secondary N) is 1. The SMILES string of the molecule is CNCc1cnc(Oc2ccc(CO)cc2)nc1. The predicted molar refractivity (Wildman–Crippen MR) is 67.2 cm³/mol. The molecule has 0 aliphatic heterocycles. The molecular formula is C13H15N3O2. The van der Waals surface area contributed by atoms with Crippen molar-refractivity contribution in [2.45, 2.75) is 13.2 Å². The molecule has 2 rings (SSSR count). The molecule has 94 valence electrons. The summed E-state index contributed by atoms with van der Waals surface area (Å²) in [6.45, 7) is 0.751. The molecular weight excluding hydrogens is 230 g/mol. The maximum atomic E-state index is 8.93. The van der Waals surface area contributed by atoms with Crippen LogP contribution in [0, 0.1) is 0 Å². The Hall–Kier alpha value is -1.98. The van der Waals surface area contributed by atoms with Gasteiger partial charge < -0.3 is 15.2 Å². The summed E-state index contributed by atoms with van der Waals surface area (Å²) in [6.07, 6.45) is 3.45. The average Bonchev–Trinajstić information content (AvgIpc) is 2.42. The first-order valence-electron chi connectivity index (χ1n) is 5.65. The number of rotatable bonds is 5. The van der Waals surface area contributed by atoms with E-state index in [0.29, 0.717) is 11.8 Å². The molecule has 0 atom stereocenters. The molecule has 0 radical (unpaired) electrons. The molecule has 5 nitrogen and oxygen atoms in total. The van der Waals surface area contributed by atoms with Gasteiger partial charge in [0.1, 0.15) is 5.75 Å². The van der Waals surface area contributed by atoms with Crippen LogP contribution in [0.2, 0.25) is 0 Å². The Morgan fingerprint density at radius 2 is 1.78 bits per heavy atom. The van der Waals surface area contributed by atoms with E-state index in [0.717, 1.165) is 17.7 Å². The molecule has 0 fully saturated rings. The largest absolute Gasteiger partial charge is 0.424 e. The van der Waals surface area contributed by atoms with Crippen LogP contribution in [0.1, 0.15) is 11.1 Å². The van der Waals surface area contributed by atoms with Crippen molar-refractivity contribution in [3.8, 4) is 11.8 Å². The van der Waals surface area contributed by atoms with Crippen LogP contribution >= 0.6 is 0 Å². The van der Waals surface area contributed by atoms with Gasteiger partial charge in [-0.2, -0.15) is 0 Å². The fraction of sp³-hybridized carbons (Fsp3) is 0.231. The molecule has 0 spiro atoms. The molecule has 1 aromatic carbocycles. The van der Waals surface area contributed by atoms with Gasteiger partial charge in [0, 0.05) is 24.5 Å². The second-order valence-electron chi connectivity index (χ2n) is 3.81.